The summed E-state index contributed by atoms with van der Waals surface area (Å²) in [6.45, 7) is 1.06. The van der Waals surface area contributed by atoms with Crippen molar-refractivity contribution in [3.63, 3.8) is 0 Å². The van der Waals surface area contributed by atoms with Gasteiger partial charge in [0.25, 0.3) is 0 Å². The topological polar surface area (TPSA) is 121 Å². The first-order valence-electron chi connectivity index (χ1n) is 4.31. The van der Waals surface area contributed by atoms with Gasteiger partial charge in [0.15, 0.2) is 0 Å². The maximum atomic E-state index is 11.1. The van der Waals surface area contributed by atoms with Crippen molar-refractivity contribution >= 4 is 26.0 Å². The van der Waals surface area contributed by atoms with Gasteiger partial charge in [-0.1, -0.05) is 0 Å². The number of aliphatic carboxylic acids is 1. The van der Waals surface area contributed by atoms with Crippen molar-refractivity contribution in [2.45, 2.75) is 25.2 Å². The number of hydrogen-bond acceptors (Lipinski definition) is 7. The van der Waals surface area contributed by atoms with Gasteiger partial charge in [-0.3, -0.25) is 0 Å². The number of carboxylic acids is 1. The van der Waals surface area contributed by atoms with E-state index in [0.29, 0.717) is 8.93 Å². The zero-order chi connectivity index (χ0) is 13.6. The summed E-state index contributed by atoms with van der Waals surface area (Å²) in [5, 5.41) is 25.9. The Labute approximate surface area is 107 Å². The predicted molar refractivity (Wildman–Crippen MR) is 49.2 cm³/mol. The predicted octanol–water partition coefficient (Wildman–Crippen LogP) is -4.82. The molecule has 0 radical (unpaired) electrons. The van der Waals surface area contributed by atoms with Crippen LogP contribution in [0.4, 0.5) is 0 Å². The Bertz CT molecular complexity index is 313. The average molecular weight is 367 g/mol. The van der Waals surface area contributed by atoms with Gasteiger partial charge in [0.1, 0.15) is 0 Å². The molecule has 0 rings (SSSR count). The molecule has 0 aliphatic rings. The fourth-order valence-electron chi connectivity index (χ4n) is 0.598. The van der Waals surface area contributed by atoms with Crippen molar-refractivity contribution in [2.24, 2.45) is 0 Å². The van der Waals surface area contributed by atoms with E-state index in [1.165, 1.54) is 0 Å². The van der Waals surface area contributed by atoms with Crippen LogP contribution < -0.4 is 21.0 Å². The van der Waals surface area contributed by atoms with E-state index in [1.54, 1.807) is 0 Å². The van der Waals surface area contributed by atoms with E-state index in [0.717, 1.165) is 6.92 Å². The number of ether oxygens (including phenoxy) is 1. The molecule has 0 amide bonds. The molecule has 0 aromatic carbocycles. The third-order valence-corrected chi connectivity index (χ3v) is 3.19. The van der Waals surface area contributed by atoms with Crippen molar-refractivity contribution < 1.29 is 55.4 Å². The number of hydrogen-bond donors (Lipinski definition) is 3. The summed E-state index contributed by atoms with van der Waals surface area (Å²) >= 11 is -1.24. The first-order valence-corrected chi connectivity index (χ1v) is 7.29. The molecule has 9 heteroatoms. The van der Waals surface area contributed by atoms with E-state index in [9.17, 15) is 24.6 Å². The fraction of sp³-hybridized carbons (Fsp3) is 0.571. The normalized spacial score (nSPS) is 17.1. The van der Waals surface area contributed by atoms with Crippen molar-refractivity contribution in [3.8, 4) is 0 Å². The number of carboxylic acid groups (broad SMARTS) is 1. The fourth-order valence-corrected chi connectivity index (χ4v) is 1.60. The minimum absolute atomic E-state index is 0.514. The number of aliphatic hydroxyl groups excluding tert-OH is 2. The molecule has 0 aliphatic heterocycles. The molecular formula is C7H10IO7S-. The second-order valence-corrected chi connectivity index (χ2v) is 4.58. The summed E-state index contributed by atoms with van der Waals surface area (Å²) in [6.07, 6.45) is -5.65. The van der Waals surface area contributed by atoms with Gasteiger partial charge in [0, 0.05) is 0 Å². The number of esters is 1. The van der Waals surface area contributed by atoms with Crippen LogP contribution in [-0.2, 0) is 19.1 Å². The number of rotatable bonds is 6. The summed E-state index contributed by atoms with van der Waals surface area (Å²) in [5.41, 5.74) is 0. The first-order chi connectivity index (χ1) is 7.81. The van der Waals surface area contributed by atoms with E-state index >= 15 is 0 Å². The van der Waals surface area contributed by atoms with Crippen molar-refractivity contribution in [3.05, 3.63) is 0 Å². The van der Waals surface area contributed by atoms with Gasteiger partial charge in [-0.25, -0.2) is 0 Å². The van der Waals surface area contributed by atoms with E-state index in [2.05, 4.69) is 4.74 Å². The molecule has 0 aromatic heterocycles. The monoisotopic (exact) mass is 367 g/mol. The van der Waals surface area contributed by atoms with Crippen LogP contribution in [-0.4, -0.2) is 51.3 Å². The Balaban J connectivity index is 4.39. The Morgan fingerprint density at radius 3 is 2.38 bits per heavy atom. The molecule has 0 spiro atoms. The standard InChI is InChI=1S/C7H10IO7S/c1-2(5(11)12)15-6(13)3(9)4(10)7(14)16-8/h2-4,8-10H,1H3,(H,11,12)/q-1/t2-,3-,4-/m0/s1/i8T. The SMILES string of the molecule is [3H][I-]SC(=O)[C@@H](O)[C@H](O)C(=O)O[C@@H](C)C(=O)O. The van der Waals surface area contributed by atoms with E-state index in [4.69, 9.17) is 5.70 Å². The molecule has 0 saturated heterocycles. The summed E-state index contributed by atoms with van der Waals surface area (Å²) in [7, 11) is 0.514. The van der Waals surface area contributed by atoms with Gasteiger partial charge >= 0.3 is 107 Å². The summed E-state index contributed by atoms with van der Waals surface area (Å²) in [6, 6.07) is 0. The van der Waals surface area contributed by atoms with Crippen LogP contribution in [0, 0.1) is 0 Å². The molecule has 94 valence electrons. The third kappa shape index (κ3) is 4.63. The number of aliphatic hydroxyl groups is 2. The molecule has 0 aliphatic carbocycles. The van der Waals surface area contributed by atoms with E-state index < -0.39 is 56.4 Å². The number of carbonyl (C=O) groups is 3. The number of carbonyl (C=O) groups excluding carboxylic acids is 2. The molecule has 0 saturated carbocycles. The second-order valence-electron chi connectivity index (χ2n) is 2.70. The van der Waals surface area contributed by atoms with E-state index in [1.807, 2.05) is 0 Å². The van der Waals surface area contributed by atoms with Crippen LogP contribution >= 0.6 is 8.93 Å². The first kappa shape index (κ1) is 13.7. The van der Waals surface area contributed by atoms with Gasteiger partial charge < -0.3 is 0 Å². The molecule has 0 bridgehead atoms. The van der Waals surface area contributed by atoms with Gasteiger partial charge in [0.05, 0.1) is 0 Å². The molecule has 16 heavy (non-hydrogen) atoms. The molecule has 0 heterocycles. The Morgan fingerprint density at radius 2 is 1.94 bits per heavy atom. The molecule has 3 N–H and O–H groups in total. The van der Waals surface area contributed by atoms with Gasteiger partial charge in [0.2, 0.25) is 0 Å². The van der Waals surface area contributed by atoms with Crippen LogP contribution in [0.3, 0.4) is 0 Å². The molecule has 7 nitrogen and oxygen atoms in total. The summed E-state index contributed by atoms with van der Waals surface area (Å²) < 4.78 is 11.1. The molecular weight excluding hydrogens is 355 g/mol. The van der Waals surface area contributed by atoms with Crippen LogP contribution in [0.2, 0.25) is 0 Å². The number of halogens is 1. The second kappa shape index (κ2) is 7.04. The van der Waals surface area contributed by atoms with Gasteiger partial charge in [-0.15, -0.1) is 0 Å². The Kier molecular flexibility index (Phi) is 6.01. The average Bonchev–Trinajstić information content (AvgIpc) is 2.26. The van der Waals surface area contributed by atoms with Crippen LogP contribution in [0.15, 0.2) is 0 Å². The Hall–Kier alpha value is -0.390. The van der Waals surface area contributed by atoms with Crippen molar-refractivity contribution in [1.82, 2.24) is 0 Å². The van der Waals surface area contributed by atoms with Crippen molar-refractivity contribution in [2.75, 3.05) is 0 Å². The zero-order valence-electron chi connectivity index (χ0n) is 8.99. The van der Waals surface area contributed by atoms with Crippen LogP contribution in [0.1, 0.15) is 6.92 Å². The summed E-state index contributed by atoms with van der Waals surface area (Å²) in [4.78, 5) is 32.5. The summed E-state index contributed by atoms with van der Waals surface area (Å²) in [5.74, 6) is -2.82. The van der Waals surface area contributed by atoms with Crippen LogP contribution in [0.5, 0.6) is 0 Å². The zero-order valence-corrected chi connectivity index (χ0v) is 11.0. The van der Waals surface area contributed by atoms with Crippen molar-refractivity contribution in [1.29, 1.82) is 0.594 Å². The van der Waals surface area contributed by atoms with Gasteiger partial charge in [-0.2, -0.15) is 0 Å². The Morgan fingerprint density at radius 1 is 1.38 bits per heavy atom. The van der Waals surface area contributed by atoms with E-state index in [-0.39, 0.29) is 0 Å². The van der Waals surface area contributed by atoms with Gasteiger partial charge in [-0.05, 0) is 0 Å². The molecule has 0 aromatic rings. The molecule has 3 atom stereocenters. The molecule has 0 unspecified atom stereocenters. The minimum atomic E-state index is -2.15. The molecule has 0 fully saturated rings. The third-order valence-electron chi connectivity index (χ3n) is 1.50. The quantitative estimate of drug-likeness (QED) is 0.316. The maximum absolute atomic E-state index is 11.1. The van der Waals surface area contributed by atoms with Crippen LogP contribution in [0.25, 0.3) is 0 Å².